The van der Waals surface area contributed by atoms with Crippen LogP contribution in [-0.4, -0.2) is 5.78 Å². The van der Waals surface area contributed by atoms with Crippen LogP contribution in [0.1, 0.15) is 38.5 Å². The van der Waals surface area contributed by atoms with Crippen LogP contribution >= 0.6 is 0 Å². The van der Waals surface area contributed by atoms with Crippen LogP contribution in [0.15, 0.2) is 47.1 Å². The highest BCUT2D eigenvalue weighted by Gasteiger charge is 2.41. The van der Waals surface area contributed by atoms with Gasteiger partial charge in [0.15, 0.2) is 0 Å². The lowest BCUT2D eigenvalue weighted by molar-refractivity contribution is -0.123. The van der Waals surface area contributed by atoms with Gasteiger partial charge in [-0.05, 0) is 48.7 Å². The van der Waals surface area contributed by atoms with Crippen molar-refractivity contribution >= 4 is 5.78 Å². The molecule has 0 aliphatic heterocycles. The summed E-state index contributed by atoms with van der Waals surface area (Å²) in [6, 6.07) is 0. The molecule has 3 unspecified atom stereocenters. The van der Waals surface area contributed by atoms with E-state index >= 15 is 0 Å². The molecule has 0 amide bonds. The van der Waals surface area contributed by atoms with Crippen LogP contribution in [0.4, 0.5) is 0 Å². The molecule has 0 aromatic heterocycles. The van der Waals surface area contributed by atoms with E-state index in [0.29, 0.717) is 17.6 Å². The van der Waals surface area contributed by atoms with E-state index in [-0.39, 0.29) is 5.92 Å². The summed E-state index contributed by atoms with van der Waals surface area (Å²) < 4.78 is 0. The number of carbonyl (C=O) groups excluding carboxylic acids is 1. The predicted molar refractivity (Wildman–Crippen MR) is 76.6 cm³/mol. The third kappa shape index (κ3) is 1.71. The molecule has 0 N–H and O–H groups in total. The lowest BCUT2D eigenvalue weighted by atomic mass is 9.61. The topological polar surface area (TPSA) is 17.1 Å². The van der Waals surface area contributed by atoms with Gasteiger partial charge in [-0.25, -0.2) is 0 Å². The third-order valence-corrected chi connectivity index (χ3v) is 5.37. The molecule has 4 aliphatic carbocycles. The van der Waals surface area contributed by atoms with Crippen LogP contribution in [0.5, 0.6) is 0 Å². The Hall–Kier alpha value is -1.37. The number of Topliss-reactive ketones (excluding diaryl/α,β-unsaturated/α-hetero) is 1. The van der Waals surface area contributed by atoms with Gasteiger partial charge in [-0.2, -0.15) is 0 Å². The summed E-state index contributed by atoms with van der Waals surface area (Å²) >= 11 is 0. The fourth-order valence-electron chi connectivity index (χ4n) is 4.42. The van der Waals surface area contributed by atoms with Gasteiger partial charge in [-0.3, -0.25) is 4.79 Å². The molecule has 0 aromatic carbocycles. The Kier molecular flexibility index (Phi) is 2.61. The molecule has 19 heavy (non-hydrogen) atoms. The van der Waals surface area contributed by atoms with Gasteiger partial charge in [-0.15, -0.1) is 0 Å². The number of ketones is 1. The maximum atomic E-state index is 12.4. The van der Waals surface area contributed by atoms with Crippen LogP contribution < -0.4 is 0 Å². The van der Waals surface area contributed by atoms with Gasteiger partial charge in [0.1, 0.15) is 5.78 Å². The molecule has 0 heterocycles. The van der Waals surface area contributed by atoms with Crippen LogP contribution in [0.2, 0.25) is 0 Å². The number of carbonyl (C=O) groups is 1. The van der Waals surface area contributed by atoms with E-state index in [1.54, 1.807) is 5.57 Å². The minimum Gasteiger partial charge on any atom is -0.299 e. The van der Waals surface area contributed by atoms with Gasteiger partial charge in [0.25, 0.3) is 0 Å². The van der Waals surface area contributed by atoms with Crippen molar-refractivity contribution in [3.8, 4) is 0 Å². The maximum Gasteiger partial charge on any atom is 0.141 e. The van der Waals surface area contributed by atoms with Crippen molar-refractivity contribution in [2.24, 2.45) is 17.8 Å². The zero-order chi connectivity index (χ0) is 12.8. The predicted octanol–water partition coefficient (Wildman–Crippen LogP) is 4.13. The molecule has 1 heteroatoms. The maximum absolute atomic E-state index is 12.4. The second-order valence-corrected chi connectivity index (χ2v) is 6.33. The van der Waals surface area contributed by atoms with E-state index in [1.165, 1.54) is 36.8 Å². The SMILES string of the molecule is O=C1CC2C(=CC=C3CCCCC32)C2=CC=CCC12. The van der Waals surface area contributed by atoms with Crippen LogP contribution in [0.3, 0.4) is 0 Å². The minimum absolute atomic E-state index is 0.158. The second-order valence-electron chi connectivity index (χ2n) is 6.33. The number of rotatable bonds is 0. The average Bonchev–Trinajstić information content (AvgIpc) is 2.47. The normalized spacial score (nSPS) is 36.5. The first-order valence-corrected chi connectivity index (χ1v) is 7.65. The molecule has 1 nitrogen and oxygen atoms in total. The second kappa shape index (κ2) is 4.33. The highest BCUT2D eigenvalue weighted by Crippen LogP contribution is 2.49. The van der Waals surface area contributed by atoms with E-state index in [1.807, 2.05) is 0 Å². The largest absolute Gasteiger partial charge is 0.299 e. The Morgan fingerprint density at radius 2 is 1.95 bits per heavy atom. The molecule has 3 atom stereocenters. The first kappa shape index (κ1) is 11.5. The van der Waals surface area contributed by atoms with Crippen molar-refractivity contribution in [3.63, 3.8) is 0 Å². The number of hydrogen-bond acceptors (Lipinski definition) is 1. The quantitative estimate of drug-likeness (QED) is 0.633. The molecule has 0 bridgehead atoms. The molecular weight excluding hydrogens is 232 g/mol. The summed E-state index contributed by atoms with van der Waals surface area (Å²) in [5, 5.41) is 0. The van der Waals surface area contributed by atoms with E-state index < -0.39 is 0 Å². The Labute approximate surface area is 114 Å². The van der Waals surface area contributed by atoms with E-state index in [4.69, 9.17) is 0 Å². The Bertz CT molecular complexity index is 544. The van der Waals surface area contributed by atoms with Crippen molar-refractivity contribution in [2.75, 3.05) is 0 Å². The first-order chi connectivity index (χ1) is 9.34. The summed E-state index contributed by atoms with van der Waals surface area (Å²) in [7, 11) is 0. The fraction of sp³-hybridized carbons (Fsp3) is 0.500. The molecule has 2 saturated carbocycles. The lowest BCUT2D eigenvalue weighted by Gasteiger charge is -2.42. The van der Waals surface area contributed by atoms with Gasteiger partial charge in [0.05, 0.1) is 0 Å². The minimum atomic E-state index is 0.158. The highest BCUT2D eigenvalue weighted by molar-refractivity contribution is 5.88. The molecule has 4 rings (SSSR count). The summed E-state index contributed by atoms with van der Waals surface area (Å²) in [4.78, 5) is 12.4. The van der Waals surface area contributed by atoms with Crippen molar-refractivity contribution in [2.45, 2.75) is 38.5 Å². The third-order valence-electron chi connectivity index (χ3n) is 5.37. The molecule has 4 aliphatic rings. The van der Waals surface area contributed by atoms with Gasteiger partial charge < -0.3 is 0 Å². The molecule has 0 radical (unpaired) electrons. The zero-order valence-electron chi connectivity index (χ0n) is 11.3. The first-order valence-electron chi connectivity index (χ1n) is 7.65. The summed E-state index contributed by atoms with van der Waals surface area (Å²) in [5.74, 6) is 1.78. The average molecular weight is 252 g/mol. The van der Waals surface area contributed by atoms with Gasteiger partial charge >= 0.3 is 0 Å². The van der Waals surface area contributed by atoms with Gasteiger partial charge in [0.2, 0.25) is 0 Å². The monoisotopic (exact) mass is 252 g/mol. The Balaban J connectivity index is 1.78. The molecule has 98 valence electrons. The van der Waals surface area contributed by atoms with E-state index in [0.717, 1.165) is 12.8 Å². The molecule has 0 aromatic rings. The van der Waals surface area contributed by atoms with Crippen molar-refractivity contribution < 1.29 is 4.79 Å². The van der Waals surface area contributed by atoms with E-state index in [9.17, 15) is 4.79 Å². The van der Waals surface area contributed by atoms with Crippen molar-refractivity contribution in [1.29, 1.82) is 0 Å². The lowest BCUT2D eigenvalue weighted by Crippen LogP contribution is -2.36. The molecule has 0 spiro atoms. The number of hydrogen-bond donors (Lipinski definition) is 0. The molecule has 0 saturated heterocycles. The van der Waals surface area contributed by atoms with Crippen LogP contribution in [0.25, 0.3) is 0 Å². The Morgan fingerprint density at radius 1 is 1.00 bits per heavy atom. The summed E-state index contributed by atoms with van der Waals surface area (Å²) in [5.41, 5.74) is 4.41. The van der Waals surface area contributed by atoms with Crippen LogP contribution in [-0.2, 0) is 4.79 Å². The fourth-order valence-corrected chi connectivity index (χ4v) is 4.42. The smallest absolute Gasteiger partial charge is 0.141 e. The van der Waals surface area contributed by atoms with Gasteiger partial charge in [0, 0.05) is 12.3 Å². The van der Waals surface area contributed by atoms with Crippen LogP contribution in [0, 0.1) is 17.8 Å². The highest BCUT2D eigenvalue weighted by atomic mass is 16.1. The zero-order valence-corrected chi connectivity index (χ0v) is 11.3. The summed E-state index contributed by atoms with van der Waals surface area (Å²) in [6.07, 6.45) is 18.0. The number of fused-ring (bicyclic) bond motifs is 5. The standard InChI is InChI=1S/C18H20O/c19-18-11-17-13-6-2-1-5-12(13)9-10-15(17)14-7-3-4-8-16(14)18/h3-4,7,9-10,13,16-17H,1-2,5-6,8,11H2. The van der Waals surface area contributed by atoms with E-state index in [2.05, 4.69) is 30.4 Å². The summed E-state index contributed by atoms with van der Waals surface area (Å²) in [6.45, 7) is 0. The number of allylic oxidation sites excluding steroid dienone is 8. The molecule has 2 fully saturated rings. The molecular formula is C18H20O. The van der Waals surface area contributed by atoms with Crippen molar-refractivity contribution in [1.82, 2.24) is 0 Å². The van der Waals surface area contributed by atoms with Gasteiger partial charge in [-0.1, -0.05) is 42.4 Å². The van der Waals surface area contributed by atoms with Crippen molar-refractivity contribution in [3.05, 3.63) is 47.1 Å². The Morgan fingerprint density at radius 3 is 2.89 bits per heavy atom.